The van der Waals surface area contributed by atoms with Gasteiger partial charge in [0.25, 0.3) is 0 Å². The van der Waals surface area contributed by atoms with E-state index < -0.39 is 0 Å². The van der Waals surface area contributed by atoms with Gasteiger partial charge in [0.05, 0.1) is 25.0 Å². The number of likely N-dealkylation sites (N-methyl/N-ethyl adjacent to an activating group) is 1. The molecule has 2 aliphatic rings. The molecule has 0 aliphatic carbocycles. The van der Waals surface area contributed by atoms with Gasteiger partial charge in [-0.3, -0.25) is 14.5 Å². The summed E-state index contributed by atoms with van der Waals surface area (Å²) >= 11 is 1.66. The van der Waals surface area contributed by atoms with Gasteiger partial charge in [0.1, 0.15) is 5.01 Å². The van der Waals surface area contributed by atoms with E-state index in [1.807, 2.05) is 49.3 Å². The van der Waals surface area contributed by atoms with Crippen molar-refractivity contribution in [3.8, 4) is 10.6 Å². The SMILES string of the molecule is Cc1cnc(-c2cccc([C@@H](CN3CC[C@@H](O)C3)N(C)C(=O)Cc3ccc4c(c3)NC(=O)C4)c2)s1. The molecule has 35 heavy (non-hydrogen) atoms. The number of fused-ring (bicyclic) bond motifs is 1. The molecule has 3 aromatic rings. The Hall–Kier alpha value is -3.07. The van der Waals surface area contributed by atoms with Crippen molar-refractivity contribution >= 4 is 28.8 Å². The van der Waals surface area contributed by atoms with Crippen LogP contribution in [0.15, 0.2) is 48.7 Å². The van der Waals surface area contributed by atoms with Crippen molar-refractivity contribution in [1.29, 1.82) is 0 Å². The Morgan fingerprint density at radius 2 is 2.17 bits per heavy atom. The fourth-order valence-corrected chi connectivity index (χ4v) is 5.65. The first-order chi connectivity index (χ1) is 16.9. The Morgan fingerprint density at radius 3 is 2.91 bits per heavy atom. The Bertz CT molecular complexity index is 1260. The molecule has 0 saturated carbocycles. The molecule has 1 saturated heterocycles. The minimum atomic E-state index is -0.317. The van der Waals surface area contributed by atoms with E-state index in [0.717, 1.165) is 50.8 Å². The zero-order valence-corrected chi connectivity index (χ0v) is 20.8. The number of anilines is 1. The van der Waals surface area contributed by atoms with Gasteiger partial charge in [-0.1, -0.05) is 30.3 Å². The highest BCUT2D eigenvalue weighted by atomic mass is 32.1. The van der Waals surface area contributed by atoms with Crippen molar-refractivity contribution < 1.29 is 14.7 Å². The first-order valence-electron chi connectivity index (χ1n) is 12.0. The molecule has 2 aliphatic heterocycles. The van der Waals surface area contributed by atoms with E-state index in [2.05, 4.69) is 33.4 Å². The maximum absolute atomic E-state index is 13.4. The van der Waals surface area contributed by atoms with E-state index in [4.69, 9.17) is 0 Å². The van der Waals surface area contributed by atoms with Crippen LogP contribution < -0.4 is 5.32 Å². The van der Waals surface area contributed by atoms with Gasteiger partial charge in [0.2, 0.25) is 11.8 Å². The fraction of sp³-hybridized carbons (Fsp3) is 0.370. The number of β-amino-alcohol motifs (C(OH)–C–C–N with tert-alkyl or cyclic N) is 1. The summed E-state index contributed by atoms with van der Waals surface area (Å²) in [6.45, 7) is 4.13. The summed E-state index contributed by atoms with van der Waals surface area (Å²) in [5.74, 6) is -0.00159. The number of amides is 2. The number of aliphatic hydroxyl groups excluding tert-OH is 1. The molecular formula is C27H30N4O3S. The molecule has 7 nitrogen and oxygen atoms in total. The van der Waals surface area contributed by atoms with E-state index in [0.29, 0.717) is 19.5 Å². The highest BCUT2D eigenvalue weighted by Crippen LogP contribution is 2.31. The average Bonchev–Trinajstić information content (AvgIpc) is 3.56. The second-order valence-corrected chi connectivity index (χ2v) is 10.8. The minimum absolute atomic E-state index is 0.00881. The summed E-state index contributed by atoms with van der Waals surface area (Å²) in [6, 6.07) is 13.9. The summed E-state index contributed by atoms with van der Waals surface area (Å²) in [7, 11) is 1.86. The molecule has 8 heteroatoms. The molecule has 2 N–H and O–H groups in total. The lowest BCUT2D eigenvalue weighted by Crippen LogP contribution is -2.39. The minimum Gasteiger partial charge on any atom is -0.392 e. The standard InChI is InChI=1S/C27H30N4O3S/c1-17-14-28-27(35-17)21-5-3-4-20(12-21)24(16-31-9-8-22(32)15-31)30(2)26(34)11-18-6-7-19-13-25(33)29-23(19)10-18/h3-7,10,12,14,22,24,32H,8-9,11,13,15-16H2,1-2H3,(H,29,33)/t22-,24-/m1/s1. The van der Waals surface area contributed by atoms with E-state index in [1.54, 1.807) is 11.3 Å². The van der Waals surface area contributed by atoms with Crippen LogP contribution in [0.3, 0.4) is 0 Å². The van der Waals surface area contributed by atoms with Crippen molar-refractivity contribution in [2.45, 2.75) is 38.3 Å². The van der Waals surface area contributed by atoms with Crippen LogP contribution in [0.4, 0.5) is 5.69 Å². The summed E-state index contributed by atoms with van der Waals surface area (Å²) in [6.07, 6.45) is 2.96. The van der Waals surface area contributed by atoms with Gasteiger partial charge in [0.15, 0.2) is 0 Å². The van der Waals surface area contributed by atoms with Crippen LogP contribution in [0, 0.1) is 6.92 Å². The van der Waals surface area contributed by atoms with E-state index in [-0.39, 0.29) is 30.4 Å². The van der Waals surface area contributed by atoms with E-state index in [9.17, 15) is 14.7 Å². The quantitative estimate of drug-likeness (QED) is 0.530. The molecule has 0 bridgehead atoms. The van der Waals surface area contributed by atoms with Crippen LogP contribution in [0.25, 0.3) is 10.6 Å². The lowest BCUT2D eigenvalue weighted by atomic mass is 10.0. The lowest BCUT2D eigenvalue weighted by Gasteiger charge is -2.32. The third kappa shape index (κ3) is 5.29. The molecule has 2 atom stereocenters. The maximum atomic E-state index is 13.4. The Kier molecular flexibility index (Phi) is 6.69. The molecule has 182 valence electrons. The van der Waals surface area contributed by atoms with Crippen LogP contribution in [0.1, 0.15) is 34.0 Å². The number of carbonyl (C=O) groups excluding carboxylic acids is 2. The van der Waals surface area contributed by atoms with Gasteiger partial charge >= 0.3 is 0 Å². The highest BCUT2D eigenvalue weighted by molar-refractivity contribution is 7.14. The lowest BCUT2D eigenvalue weighted by molar-refractivity contribution is -0.131. The molecule has 0 radical (unpaired) electrons. The highest BCUT2D eigenvalue weighted by Gasteiger charge is 2.29. The van der Waals surface area contributed by atoms with Crippen LogP contribution in [0.5, 0.6) is 0 Å². The molecule has 1 fully saturated rings. The zero-order chi connectivity index (χ0) is 24.5. The van der Waals surface area contributed by atoms with Gasteiger partial charge in [-0.2, -0.15) is 0 Å². The van der Waals surface area contributed by atoms with Crippen molar-refractivity contribution in [3.05, 3.63) is 70.2 Å². The smallest absolute Gasteiger partial charge is 0.228 e. The predicted molar refractivity (Wildman–Crippen MR) is 137 cm³/mol. The van der Waals surface area contributed by atoms with Gasteiger partial charge in [-0.05, 0) is 42.2 Å². The number of nitrogens with one attached hydrogen (secondary N) is 1. The van der Waals surface area contributed by atoms with Crippen molar-refractivity contribution in [3.63, 3.8) is 0 Å². The number of aryl methyl sites for hydroxylation is 1. The first-order valence-corrected chi connectivity index (χ1v) is 12.8. The zero-order valence-electron chi connectivity index (χ0n) is 20.0. The molecule has 1 aromatic heterocycles. The summed E-state index contributed by atoms with van der Waals surface area (Å²) < 4.78 is 0. The van der Waals surface area contributed by atoms with Crippen LogP contribution in [-0.2, 0) is 22.4 Å². The Labute approximate surface area is 209 Å². The second-order valence-electron chi connectivity index (χ2n) is 9.52. The summed E-state index contributed by atoms with van der Waals surface area (Å²) in [4.78, 5) is 34.9. The molecule has 0 spiro atoms. The first kappa shape index (κ1) is 23.7. The van der Waals surface area contributed by atoms with Gasteiger partial charge in [-0.25, -0.2) is 4.98 Å². The number of hydrogen-bond donors (Lipinski definition) is 2. The molecule has 2 aromatic carbocycles. The van der Waals surface area contributed by atoms with E-state index >= 15 is 0 Å². The molecule has 3 heterocycles. The van der Waals surface area contributed by atoms with Crippen molar-refractivity contribution in [2.75, 3.05) is 32.0 Å². The maximum Gasteiger partial charge on any atom is 0.228 e. The van der Waals surface area contributed by atoms with Gasteiger partial charge in [-0.15, -0.1) is 11.3 Å². The number of likely N-dealkylation sites (tertiary alicyclic amines) is 1. The topological polar surface area (TPSA) is 85.8 Å². The third-order valence-electron chi connectivity index (χ3n) is 6.83. The number of aromatic nitrogens is 1. The van der Waals surface area contributed by atoms with Crippen LogP contribution >= 0.6 is 11.3 Å². The summed E-state index contributed by atoms with van der Waals surface area (Å²) in [5.41, 5.74) is 4.75. The molecular weight excluding hydrogens is 460 g/mol. The molecule has 5 rings (SSSR count). The number of hydrogen-bond acceptors (Lipinski definition) is 6. The van der Waals surface area contributed by atoms with Gasteiger partial charge in [0, 0.05) is 49.0 Å². The monoisotopic (exact) mass is 490 g/mol. The molecule has 2 amide bonds. The number of rotatable bonds is 7. The average molecular weight is 491 g/mol. The third-order valence-corrected chi connectivity index (χ3v) is 7.80. The Morgan fingerprint density at radius 1 is 1.31 bits per heavy atom. The molecule has 0 unspecified atom stereocenters. The fourth-order valence-electron chi connectivity index (χ4n) is 4.89. The summed E-state index contributed by atoms with van der Waals surface area (Å²) in [5, 5.41) is 13.9. The predicted octanol–water partition coefficient (Wildman–Crippen LogP) is 3.42. The number of nitrogens with zero attached hydrogens (tertiary/aromatic N) is 3. The number of benzene rings is 2. The van der Waals surface area contributed by atoms with Crippen LogP contribution in [0.2, 0.25) is 0 Å². The number of thiazole rings is 1. The van der Waals surface area contributed by atoms with Crippen molar-refractivity contribution in [2.24, 2.45) is 0 Å². The van der Waals surface area contributed by atoms with E-state index in [1.165, 1.54) is 0 Å². The largest absolute Gasteiger partial charge is 0.392 e. The van der Waals surface area contributed by atoms with Crippen LogP contribution in [-0.4, -0.2) is 64.5 Å². The second kappa shape index (κ2) is 9.89. The van der Waals surface area contributed by atoms with Gasteiger partial charge < -0.3 is 15.3 Å². The normalized spacial score (nSPS) is 18.4. The number of carbonyl (C=O) groups is 2. The Balaban J connectivity index is 1.39. The number of aliphatic hydroxyl groups is 1. The van der Waals surface area contributed by atoms with Crippen molar-refractivity contribution in [1.82, 2.24) is 14.8 Å².